The Labute approximate surface area is 219 Å². The van der Waals surface area contributed by atoms with Crippen molar-refractivity contribution in [3.63, 3.8) is 0 Å². The van der Waals surface area contributed by atoms with Crippen LogP contribution >= 0.6 is 11.3 Å². The van der Waals surface area contributed by atoms with Gasteiger partial charge < -0.3 is 24.1 Å². The van der Waals surface area contributed by atoms with Crippen molar-refractivity contribution in [2.24, 2.45) is 0 Å². The van der Waals surface area contributed by atoms with Gasteiger partial charge in [0.2, 0.25) is 5.43 Å². The summed E-state index contributed by atoms with van der Waals surface area (Å²) in [6.07, 6.45) is 5.89. The summed E-state index contributed by atoms with van der Waals surface area (Å²) < 4.78 is 18.3. The Morgan fingerprint density at radius 1 is 1.14 bits per heavy atom. The largest absolute Gasteiger partial charge is 0.494 e. The molecular weight excluding hydrogens is 492 g/mol. The molecule has 5 rings (SSSR count). The fraction of sp³-hybridized carbons (Fsp3) is 0.464. The summed E-state index contributed by atoms with van der Waals surface area (Å²) >= 11 is 1.68. The number of rotatable bonds is 5. The topological polar surface area (TPSA) is 95.9 Å². The highest BCUT2D eigenvalue weighted by molar-refractivity contribution is 7.15. The number of hydrogen-bond donors (Lipinski definition) is 1. The molecule has 1 amide bonds. The van der Waals surface area contributed by atoms with Gasteiger partial charge in [-0.2, -0.15) is 0 Å². The second-order valence-corrected chi connectivity index (χ2v) is 11.8. The quantitative estimate of drug-likeness (QED) is 0.426. The molecule has 1 N–H and O–H groups in total. The Hall–Kier alpha value is -3.33. The number of carbonyl (C=O) groups excluding carboxylic acids is 2. The minimum atomic E-state index is -0.640. The lowest BCUT2D eigenvalue weighted by molar-refractivity contribution is 0.0498. The smallest absolute Gasteiger partial charge is 0.408 e. The zero-order valence-corrected chi connectivity index (χ0v) is 22.6. The molecule has 1 fully saturated rings. The van der Waals surface area contributed by atoms with Crippen LogP contribution in [0, 0.1) is 0 Å². The number of benzene rings is 1. The van der Waals surface area contributed by atoms with Crippen molar-refractivity contribution >= 4 is 34.3 Å². The zero-order chi connectivity index (χ0) is 26.5. The molecule has 3 aromatic rings. The predicted octanol–water partition coefficient (Wildman–Crippen LogP) is 5.76. The highest BCUT2D eigenvalue weighted by Crippen LogP contribution is 2.46. The molecule has 8 nitrogen and oxygen atoms in total. The van der Waals surface area contributed by atoms with Gasteiger partial charge in [0, 0.05) is 27.6 Å². The zero-order valence-electron chi connectivity index (χ0n) is 21.8. The first-order valence-electron chi connectivity index (χ1n) is 12.6. The van der Waals surface area contributed by atoms with Gasteiger partial charge in [-0.25, -0.2) is 9.59 Å². The highest BCUT2D eigenvalue weighted by Gasteiger charge is 2.31. The number of ether oxygens (including phenoxy) is 3. The monoisotopic (exact) mass is 524 g/mol. The van der Waals surface area contributed by atoms with Crippen LogP contribution in [0.4, 0.5) is 4.79 Å². The number of methoxy groups -OCH3 is 2. The van der Waals surface area contributed by atoms with Crippen molar-refractivity contribution in [1.29, 1.82) is 0 Å². The molecule has 0 saturated heterocycles. The molecular formula is C28H32N2O6S. The normalized spacial score (nSPS) is 17.3. The minimum absolute atomic E-state index is 0.0272. The van der Waals surface area contributed by atoms with Gasteiger partial charge >= 0.3 is 12.1 Å². The Balaban J connectivity index is 1.59. The number of hydrogen-bond acceptors (Lipinski definition) is 7. The van der Waals surface area contributed by atoms with Crippen molar-refractivity contribution < 1.29 is 23.8 Å². The van der Waals surface area contributed by atoms with Gasteiger partial charge in [-0.15, -0.1) is 11.3 Å². The van der Waals surface area contributed by atoms with E-state index in [2.05, 4.69) is 11.4 Å². The summed E-state index contributed by atoms with van der Waals surface area (Å²) in [4.78, 5) is 40.2. The average Bonchev–Trinajstić information content (AvgIpc) is 3.59. The summed E-state index contributed by atoms with van der Waals surface area (Å²) in [5, 5.41) is 3.47. The number of thiophene rings is 1. The van der Waals surface area contributed by atoms with Gasteiger partial charge in [0.05, 0.1) is 31.2 Å². The standard InChI is InChI=1S/C28H32N2O6S/c1-28(2,3)36-27(33)29-20-7-6-8-21-18(20)13-22(37-21)16-11-12-17-23(25(16)34-4)30(15-9-10-15)14-19(24(17)31)26(32)35-5/h11-15,20H,6-10H2,1-5H3,(H,29,33). The molecule has 1 unspecified atom stereocenters. The van der Waals surface area contributed by atoms with E-state index < -0.39 is 17.7 Å². The van der Waals surface area contributed by atoms with Crippen LogP contribution in [0.25, 0.3) is 21.3 Å². The number of nitrogens with one attached hydrogen (secondary N) is 1. The summed E-state index contributed by atoms with van der Waals surface area (Å²) in [5.74, 6) is -0.0352. The molecule has 0 aliphatic heterocycles. The number of carbonyl (C=O) groups is 2. The summed E-state index contributed by atoms with van der Waals surface area (Å²) in [6.45, 7) is 5.55. The summed E-state index contributed by atoms with van der Waals surface area (Å²) in [5.41, 5.74) is 1.76. The molecule has 2 aliphatic rings. The maximum atomic E-state index is 13.2. The fourth-order valence-corrected chi connectivity index (χ4v) is 6.29. The first kappa shape index (κ1) is 25.3. The van der Waals surface area contributed by atoms with E-state index in [1.54, 1.807) is 30.7 Å². The molecule has 9 heteroatoms. The van der Waals surface area contributed by atoms with Crippen LogP contribution < -0.4 is 15.5 Å². The third-order valence-electron chi connectivity index (χ3n) is 6.77. The minimum Gasteiger partial charge on any atom is -0.494 e. The van der Waals surface area contributed by atoms with Crippen molar-refractivity contribution in [2.45, 2.75) is 70.6 Å². The predicted molar refractivity (Wildman–Crippen MR) is 143 cm³/mol. The molecule has 2 heterocycles. The number of alkyl carbamates (subject to hydrolysis) is 1. The van der Waals surface area contributed by atoms with Crippen LogP contribution in [-0.4, -0.2) is 36.5 Å². The number of aromatic nitrogens is 1. The van der Waals surface area contributed by atoms with E-state index in [4.69, 9.17) is 14.2 Å². The van der Waals surface area contributed by atoms with E-state index in [1.165, 1.54) is 12.0 Å². The third-order valence-corrected chi connectivity index (χ3v) is 8.01. The second-order valence-electron chi connectivity index (χ2n) is 10.6. The van der Waals surface area contributed by atoms with E-state index in [-0.39, 0.29) is 23.1 Å². The van der Waals surface area contributed by atoms with E-state index in [1.807, 2.05) is 31.4 Å². The van der Waals surface area contributed by atoms with Crippen molar-refractivity contribution in [3.8, 4) is 16.2 Å². The van der Waals surface area contributed by atoms with Crippen LogP contribution in [0.3, 0.4) is 0 Å². The van der Waals surface area contributed by atoms with Crippen molar-refractivity contribution in [2.75, 3.05) is 14.2 Å². The van der Waals surface area contributed by atoms with Crippen LogP contribution in [0.1, 0.15) is 79.3 Å². The third kappa shape index (κ3) is 4.84. The molecule has 0 spiro atoms. The first-order chi connectivity index (χ1) is 17.6. The van der Waals surface area contributed by atoms with Gasteiger partial charge in [0.25, 0.3) is 0 Å². The lowest BCUT2D eigenvalue weighted by atomic mass is 9.93. The number of aryl methyl sites for hydroxylation is 1. The Morgan fingerprint density at radius 3 is 2.54 bits per heavy atom. The van der Waals surface area contributed by atoms with E-state index in [0.29, 0.717) is 16.7 Å². The average molecular weight is 525 g/mol. The molecule has 1 atom stereocenters. The number of esters is 1. The molecule has 2 aliphatic carbocycles. The lowest BCUT2D eigenvalue weighted by Crippen LogP contribution is -2.35. The molecule has 0 radical (unpaired) electrons. The molecule has 2 aromatic heterocycles. The first-order valence-corrected chi connectivity index (χ1v) is 13.4. The van der Waals surface area contributed by atoms with Gasteiger partial charge in [-0.3, -0.25) is 4.79 Å². The molecule has 37 heavy (non-hydrogen) atoms. The van der Waals surface area contributed by atoms with E-state index in [9.17, 15) is 14.4 Å². The van der Waals surface area contributed by atoms with Gasteiger partial charge in [-0.1, -0.05) is 0 Å². The van der Waals surface area contributed by atoms with Crippen LogP contribution in [-0.2, 0) is 15.9 Å². The number of fused-ring (bicyclic) bond motifs is 2. The number of amides is 1. The van der Waals surface area contributed by atoms with Gasteiger partial charge in [-0.05, 0) is 76.6 Å². The SMILES string of the molecule is COC(=O)c1cn(C2CC2)c2c(OC)c(-c3cc4c(s3)CCCC4NC(=O)OC(C)(C)C)ccc2c1=O. The van der Waals surface area contributed by atoms with E-state index >= 15 is 0 Å². The van der Waals surface area contributed by atoms with Gasteiger partial charge in [0.1, 0.15) is 11.2 Å². The molecule has 1 aromatic carbocycles. The van der Waals surface area contributed by atoms with Crippen LogP contribution in [0.15, 0.2) is 29.2 Å². The highest BCUT2D eigenvalue weighted by atomic mass is 32.1. The van der Waals surface area contributed by atoms with Crippen LogP contribution in [0.5, 0.6) is 5.75 Å². The van der Waals surface area contributed by atoms with E-state index in [0.717, 1.165) is 48.1 Å². The second kappa shape index (κ2) is 9.52. The maximum absolute atomic E-state index is 13.2. The maximum Gasteiger partial charge on any atom is 0.408 e. The Morgan fingerprint density at radius 2 is 1.89 bits per heavy atom. The Bertz CT molecular complexity index is 1440. The molecule has 196 valence electrons. The van der Waals surface area contributed by atoms with Crippen LogP contribution in [0.2, 0.25) is 0 Å². The summed E-state index contributed by atoms with van der Waals surface area (Å²) in [7, 11) is 2.88. The molecule has 0 bridgehead atoms. The number of pyridine rings is 1. The lowest BCUT2D eigenvalue weighted by Gasteiger charge is -2.26. The van der Waals surface area contributed by atoms with Gasteiger partial charge in [0.15, 0.2) is 5.75 Å². The van der Waals surface area contributed by atoms with Crippen molar-refractivity contribution in [1.82, 2.24) is 9.88 Å². The Kier molecular flexibility index (Phi) is 6.52. The number of nitrogens with zero attached hydrogens (tertiary/aromatic N) is 1. The fourth-order valence-electron chi connectivity index (χ4n) is 5.00. The van der Waals surface area contributed by atoms with Crippen molar-refractivity contribution in [3.05, 3.63) is 50.6 Å². The molecule has 1 saturated carbocycles. The summed E-state index contributed by atoms with van der Waals surface area (Å²) in [6, 6.07) is 5.86.